The third kappa shape index (κ3) is 2.54. The van der Waals surface area contributed by atoms with Crippen LogP contribution in [0.15, 0.2) is 30.5 Å². The van der Waals surface area contributed by atoms with Crippen LogP contribution in [0.3, 0.4) is 0 Å². The van der Waals surface area contributed by atoms with Crippen LogP contribution in [0.5, 0.6) is 0 Å². The van der Waals surface area contributed by atoms with Gasteiger partial charge in [0.15, 0.2) is 0 Å². The Morgan fingerprint density at radius 3 is 2.37 bits per heavy atom. The lowest BCUT2D eigenvalue weighted by molar-refractivity contribution is 0.209. The van der Waals surface area contributed by atoms with Crippen LogP contribution in [0, 0.1) is 0 Å². The van der Waals surface area contributed by atoms with Crippen molar-refractivity contribution in [1.82, 2.24) is 14.9 Å². The molecule has 100 valence electrons. The van der Waals surface area contributed by atoms with Crippen LogP contribution in [0.1, 0.15) is 13.8 Å². The Kier molecular flexibility index (Phi) is 3.34. The highest BCUT2D eigenvalue weighted by molar-refractivity contribution is 5.75. The number of benzene rings is 1. The van der Waals surface area contributed by atoms with E-state index in [0.29, 0.717) is 6.04 Å². The van der Waals surface area contributed by atoms with Gasteiger partial charge in [0.1, 0.15) is 5.82 Å². The van der Waals surface area contributed by atoms with E-state index in [9.17, 15) is 0 Å². The molecule has 1 saturated heterocycles. The molecule has 1 aliphatic heterocycles. The summed E-state index contributed by atoms with van der Waals surface area (Å²) >= 11 is 0. The van der Waals surface area contributed by atoms with Crippen LogP contribution in [0.4, 0.5) is 5.82 Å². The molecule has 0 aliphatic carbocycles. The van der Waals surface area contributed by atoms with Crippen molar-refractivity contribution in [2.75, 3.05) is 31.1 Å². The van der Waals surface area contributed by atoms with Crippen molar-refractivity contribution in [3.63, 3.8) is 0 Å². The normalized spacial score (nSPS) is 17.3. The number of aromatic nitrogens is 2. The molecule has 0 atom stereocenters. The fraction of sp³-hybridized carbons (Fsp3) is 0.467. The van der Waals surface area contributed by atoms with Gasteiger partial charge in [-0.05, 0) is 26.0 Å². The minimum absolute atomic E-state index is 0.629. The summed E-state index contributed by atoms with van der Waals surface area (Å²) in [6.45, 7) is 8.78. The van der Waals surface area contributed by atoms with Gasteiger partial charge >= 0.3 is 0 Å². The molecule has 0 radical (unpaired) electrons. The first kappa shape index (κ1) is 12.4. The monoisotopic (exact) mass is 256 g/mol. The van der Waals surface area contributed by atoms with Gasteiger partial charge in [-0.15, -0.1) is 0 Å². The van der Waals surface area contributed by atoms with Gasteiger partial charge in [0.2, 0.25) is 0 Å². The van der Waals surface area contributed by atoms with Gasteiger partial charge in [0, 0.05) is 32.2 Å². The second-order valence-electron chi connectivity index (χ2n) is 5.33. The Balaban J connectivity index is 1.78. The van der Waals surface area contributed by atoms with Crippen LogP contribution < -0.4 is 4.90 Å². The first-order chi connectivity index (χ1) is 9.24. The number of hydrogen-bond acceptors (Lipinski definition) is 4. The third-order valence-corrected chi connectivity index (χ3v) is 3.80. The van der Waals surface area contributed by atoms with Crippen molar-refractivity contribution in [3.8, 4) is 0 Å². The zero-order valence-electron chi connectivity index (χ0n) is 11.6. The summed E-state index contributed by atoms with van der Waals surface area (Å²) < 4.78 is 0. The molecule has 0 spiro atoms. The molecule has 2 aromatic rings. The van der Waals surface area contributed by atoms with Gasteiger partial charge in [-0.2, -0.15) is 0 Å². The molecule has 1 aliphatic rings. The van der Waals surface area contributed by atoms with Crippen LogP contribution in [0.2, 0.25) is 0 Å². The highest BCUT2D eigenvalue weighted by Crippen LogP contribution is 2.17. The van der Waals surface area contributed by atoms with E-state index >= 15 is 0 Å². The molecule has 0 amide bonds. The standard InChI is InChI=1S/C15H20N4/c1-12(2)18-7-9-19(10-8-18)15-11-16-13-5-3-4-6-14(13)17-15/h3-6,11-12H,7-10H2,1-2H3. The molecule has 4 heteroatoms. The Morgan fingerprint density at radius 2 is 1.68 bits per heavy atom. The molecule has 3 rings (SSSR count). The average molecular weight is 256 g/mol. The molecule has 0 bridgehead atoms. The number of piperazine rings is 1. The highest BCUT2D eigenvalue weighted by atomic mass is 15.3. The van der Waals surface area contributed by atoms with E-state index in [1.165, 1.54) is 0 Å². The lowest BCUT2D eigenvalue weighted by Gasteiger charge is -2.37. The molecular weight excluding hydrogens is 236 g/mol. The number of nitrogens with zero attached hydrogens (tertiary/aromatic N) is 4. The summed E-state index contributed by atoms with van der Waals surface area (Å²) in [5.41, 5.74) is 1.94. The minimum Gasteiger partial charge on any atom is -0.353 e. The van der Waals surface area contributed by atoms with E-state index in [2.05, 4.69) is 28.6 Å². The lowest BCUT2D eigenvalue weighted by Crippen LogP contribution is -2.49. The molecule has 19 heavy (non-hydrogen) atoms. The smallest absolute Gasteiger partial charge is 0.147 e. The van der Waals surface area contributed by atoms with Gasteiger partial charge in [-0.25, -0.2) is 4.98 Å². The number of anilines is 1. The summed E-state index contributed by atoms with van der Waals surface area (Å²) in [6, 6.07) is 8.67. The number of hydrogen-bond donors (Lipinski definition) is 0. The number of fused-ring (bicyclic) bond motifs is 1. The second-order valence-corrected chi connectivity index (χ2v) is 5.33. The Morgan fingerprint density at radius 1 is 1.00 bits per heavy atom. The van der Waals surface area contributed by atoms with Gasteiger partial charge < -0.3 is 4.90 Å². The van der Waals surface area contributed by atoms with Gasteiger partial charge in [-0.1, -0.05) is 12.1 Å². The summed E-state index contributed by atoms with van der Waals surface area (Å²) in [6.07, 6.45) is 1.90. The van der Waals surface area contributed by atoms with Gasteiger partial charge in [0.25, 0.3) is 0 Å². The van der Waals surface area contributed by atoms with E-state index in [1.807, 2.05) is 30.5 Å². The van der Waals surface area contributed by atoms with Crippen molar-refractivity contribution in [1.29, 1.82) is 0 Å². The molecule has 1 fully saturated rings. The van der Waals surface area contributed by atoms with Crippen LogP contribution in [0.25, 0.3) is 11.0 Å². The average Bonchev–Trinajstić information content (AvgIpc) is 2.47. The molecule has 4 nitrogen and oxygen atoms in total. The zero-order chi connectivity index (χ0) is 13.2. The van der Waals surface area contributed by atoms with Crippen LogP contribution in [-0.4, -0.2) is 47.1 Å². The van der Waals surface area contributed by atoms with Crippen molar-refractivity contribution < 1.29 is 0 Å². The fourth-order valence-corrected chi connectivity index (χ4v) is 2.57. The molecule has 0 N–H and O–H groups in total. The van der Waals surface area contributed by atoms with Crippen LogP contribution in [-0.2, 0) is 0 Å². The second kappa shape index (κ2) is 5.13. The summed E-state index contributed by atoms with van der Waals surface area (Å²) in [5, 5.41) is 0. The molecule has 1 aromatic heterocycles. The van der Waals surface area contributed by atoms with E-state index < -0.39 is 0 Å². The Bertz CT molecular complexity index is 559. The molecule has 0 saturated carbocycles. The maximum Gasteiger partial charge on any atom is 0.147 e. The first-order valence-electron chi connectivity index (χ1n) is 6.95. The molecule has 0 unspecified atom stereocenters. The third-order valence-electron chi connectivity index (χ3n) is 3.80. The molecule has 1 aromatic carbocycles. The minimum atomic E-state index is 0.629. The topological polar surface area (TPSA) is 32.3 Å². The van der Waals surface area contributed by atoms with Crippen molar-refractivity contribution >= 4 is 16.9 Å². The number of para-hydroxylation sites is 2. The van der Waals surface area contributed by atoms with Crippen molar-refractivity contribution in [2.45, 2.75) is 19.9 Å². The van der Waals surface area contributed by atoms with Crippen molar-refractivity contribution in [3.05, 3.63) is 30.5 Å². The zero-order valence-corrected chi connectivity index (χ0v) is 11.6. The fourth-order valence-electron chi connectivity index (χ4n) is 2.57. The summed E-state index contributed by atoms with van der Waals surface area (Å²) in [5.74, 6) is 1.00. The Hall–Kier alpha value is -1.68. The van der Waals surface area contributed by atoms with E-state index in [1.54, 1.807) is 0 Å². The SMILES string of the molecule is CC(C)N1CCN(c2cnc3ccccc3n2)CC1. The highest BCUT2D eigenvalue weighted by Gasteiger charge is 2.19. The van der Waals surface area contributed by atoms with E-state index in [0.717, 1.165) is 43.0 Å². The first-order valence-corrected chi connectivity index (χ1v) is 6.95. The van der Waals surface area contributed by atoms with E-state index in [4.69, 9.17) is 4.98 Å². The number of rotatable bonds is 2. The van der Waals surface area contributed by atoms with Crippen LogP contribution >= 0.6 is 0 Å². The molecule has 2 heterocycles. The summed E-state index contributed by atoms with van der Waals surface area (Å²) in [7, 11) is 0. The maximum absolute atomic E-state index is 4.71. The lowest BCUT2D eigenvalue weighted by atomic mass is 10.2. The largest absolute Gasteiger partial charge is 0.353 e. The summed E-state index contributed by atoms with van der Waals surface area (Å²) in [4.78, 5) is 14.0. The Labute approximate surface area is 114 Å². The predicted octanol–water partition coefficient (Wildman–Crippen LogP) is 2.16. The molecular formula is C15H20N4. The van der Waals surface area contributed by atoms with Gasteiger partial charge in [-0.3, -0.25) is 9.88 Å². The quantitative estimate of drug-likeness (QED) is 0.824. The predicted molar refractivity (Wildman–Crippen MR) is 78.5 cm³/mol. The van der Waals surface area contributed by atoms with E-state index in [-0.39, 0.29) is 0 Å². The van der Waals surface area contributed by atoms with Crippen molar-refractivity contribution in [2.24, 2.45) is 0 Å². The maximum atomic E-state index is 4.71. The van der Waals surface area contributed by atoms with Gasteiger partial charge in [0.05, 0.1) is 17.2 Å².